The summed E-state index contributed by atoms with van der Waals surface area (Å²) in [6.45, 7) is 2.41. The fourth-order valence-electron chi connectivity index (χ4n) is 2.74. The van der Waals surface area contributed by atoms with E-state index >= 15 is 0 Å². The Morgan fingerprint density at radius 1 is 1.22 bits per heavy atom. The van der Waals surface area contributed by atoms with Crippen molar-refractivity contribution < 1.29 is 13.2 Å². The molecule has 23 heavy (non-hydrogen) atoms. The molecule has 2 aromatic rings. The third kappa shape index (κ3) is 3.44. The largest absolute Gasteiger partial charge is 0.384 e. The van der Waals surface area contributed by atoms with Crippen LogP contribution in [-0.4, -0.2) is 68.3 Å². The lowest BCUT2D eigenvalue weighted by Crippen LogP contribution is -2.49. The van der Waals surface area contributed by atoms with Gasteiger partial charge in [0.15, 0.2) is 0 Å². The van der Waals surface area contributed by atoms with Crippen LogP contribution in [0.3, 0.4) is 0 Å². The molecule has 1 aliphatic rings. The molecular formula is C15H20N4O3S. The van der Waals surface area contributed by atoms with Crippen molar-refractivity contribution >= 4 is 26.6 Å². The molecule has 0 aromatic carbocycles. The van der Waals surface area contributed by atoms with Crippen molar-refractivity contribution in [2.45, 2.75) is 0 Å². The number of rotatable bonds is 5. The number of hydrogen-bond donors (Lipinski definition) is 0. The van der Waals surface area contributed by atoms with E-state index in [4.69, 9.17) is 4.74 Å². The second kappa shape index (κ2) is 6.77. The number of pyridine rings is 2. The standard InChI is InChI=1S/C15H20N4O3S/c1-22-9-10-23(20,21)19-7-5-18(6-8-19)14-12-16-11-13-3-2-4-17-15(13)14/h2-4,11-12H,5-10H2,1H3. The highest BCUT2D eigenvalue weighted by molar-refractivity contribution is 7.89. The molecular weight excluding hydrogens is 316 g/mol. The molecule has 124 valence electrons. The lowest BCUT2D eigenvalue weighted by molar-refractivity contribution is 0.215. The summed E-state index contributed by atoms with van der Waals surface area (Å²) < 4.78 is 30.8. The molecule has 0 aliphatic carbocycles. The van der Waals surface area contributed by atoms with Gasteiger partial charge in [0.25, 0.3) is 0 Å². The van der Waals surface area contributed by atoms with Crippen molar-refractivity contribution in [2.75, 3.05) is 50.5 Å². The Bertz CT molecular complexity index is 768. The molecule has 0 atom stereocenters. The summed E-state index contributed by atoms with van der Waals surface area (Å²) in [5.74, 6) is 0.0286. The number of sulfonamides is 1. The van der Waals surface area contributed by atoms with Gasteiger partial charge >= 0.3 is 0 Å². The number of ether oxygens (including phenoxy) is 1. The first kappa shape index (κ1) is 16.1. The van der Waals surface area contributed by atoms with Crippen LogP contribution in [0, 0.1) is 0 Å². The first-order valence-corrected chi connectivity index (χ1v) is 9.13. The Balaban J connectivity index is 1.74. The number of nitrogens with zero attached hydrogens (tertiary/aromatic N) is 4. The van der Waals surface area contributed by atoms with E-state index in [9.17, 15) is 8.42 Å². The molecule has 7 nitrogen and oxygen atoms in total. The number of aromatic nitrogens is 2. The van der Waals surface area contributed by atoms with Gasteiger partial charge in [0.1, 0.15) is 0 Å². The summed E-state index contributed by atoms with van der Waals surface area (Å²) in [6, 6.07) is 3.86. The smallest absolute Gasteiger partial charge is 0.216 e. The van der Waals surface area contributed by atoms with Crippen LogP contribution in [0.1, 0.15) is 0 Å². The molecule has 0 spiro atoms. The lowest BCUT2D eigenvalue weighted by Gasteiger charge is -2.35. The number of fused-ring (bicyclic) bond motifs is 1. The zero-order chi connectivity index (χ0) is 16.3. The second-order valence-corrected chi connectivity index (χ2v) is 7.52. The maximum absolute atomic E-state index is 12.2. The summed E-state index contributed by atoms with van der Waals surface area (Å²) in [7, 11) is -1.74. The number of anilines is 1. The average molecular weight is 336 g/mol. The van der Waals surface area contributed by atoms with Crippen molar-refractivity contribution in [3.8, 4) is 0 Å². The van der Waals surface area contributed by atoms with Crippen LogP contribution in [0.25, 0.3) is 10.9 Å². The Hall–Kier alpha value is -1.77. The van der Waals surface area contributed by atoms with E-state index in [1.54, 1.807) is 18.6 Å². The second-order valence-electron chi connectivity index (χ2n) is 5.43. The highest BCUT2D eigenvalue weighted by atomic mass is 32.2. The SMILES string of the molecule is COCCS(=O)(=O)N1CCN(c2cncc3cccnc23)CC1. The minimum Gasteiger partial charge on any atom is -0.384 e. The zero-order valence-electron chi connectivity index (χ0n) is 13.1. The fraction of sp³-hybridized carbons (Fsp3) is 0.467. The van der Waals surface area contributed by atoms with E-state index in [1.807, 2.05) is 12.1 Å². The van der Waals surface area contributed by atoms with E-state index in [1.165, 1.54) is 11.4 Å². The Labute approximate surface area is 135 Å². The first-order chi connectivity index (χ1) is 11.1. The Morgan fingerprint density at radius 2 is 2.00 bits per heavy atom. The fourth-order valence-corrected chi connectivity index (χ4v) is 4.10. The van der Waals surface area contributed by atoms with Gasteiger partial charge in [-0.05, 0) is 12.1 Å². The summed E-state index contributed by atoms with van der Waals surface area (Å²) in [5, 5.41) is 0.986. The van der Waals surface area contributed by atoms with Crippen molar-refractivity contribution in [3.05, 3.63) is 30.7 Å². The molecule has 0 unspecified atom stereocenters. The predicted octanol–water partition coefficient (Wildman–Crippen LogP) is 0.728. The molecule has 1 aliphatic heterocycles. The van der Waals surface area contributed by atoms with Crippen molar-refractivity contribution in [2.24, 2.45) is 0 Å². The van der Waals surface area contributed by atoms with E-state index < -0.39 is 10.0 Å². The lowest BCUT2D eigenvalue weighted by atomic mass is 10.2. The normalized spacial score (nSPS) is 16.8. The average Bonchev–Trinajstić information content (AvgIpc) is 2.60. The summed E-state index contributed by atoms with van der Waals surface area (Å²) in [4.78, 5) is 10.8. The highest BCUT2D eigenvalue weighted by Crippen LogP contribution is 2.24. The molecule has 0 N–H and O–H groups in total. The quantitative estimate of drug-likeness (QED) is 0.801. The molecule has 0 saturated carbocycles. The van der Waals surface area contributed by atoms with Crippen LogP contribution in [0.2, 0.25) is 0 Å². The van der Waals surface area contributed by atoms with Gasteiger partial charge in [-0.1, -0.05) is 0 Å². The molecule has 8 heteroatoms. The van der Waals surface area contributed by atoms with E-state index in [0.29, 0.717) is 26.2 Å². The first-order valence-electron chi connectivity index (χ1n) is 7.52. The van der Waals surface area contributed by atoms with E-state index in [2.05, 4.69) is 14.9 Å². The topological polar surface area (TPSA) is 75.6 Å². The number of hydrogen-bond acceptors (Lipinski definition) is 6. The van der Waals surface area contributed by atoms with Crippen LogP contribution in [0.4, 0.5) is 5.69 Å². The molecule has 1 fully saturated rings. The van der Waals surface area contributed by atoms with Crippen molar-refractivity contribution in [1.82, 2.24) is 14.3 Å². The zero-order valence-corrected chi connectivity index (χ0v) is 13.9. The van der Waals surface area contributed by atoms with Crippen molar-refractivity contribution in [1.29, 1.82) is 0 Å². The van der Waals surface area contributed by atoms with Crippen LogP contribution in [-0.2, 0) is 14.8 Å². The molecule has 1 saturated heterocycles. The minimum atomic E-state index is -3.24. The van der Waals surface area contributed by atoms with E-state index in [0.717, 1.165) is 16.6 Å². The third-order valence-corrected chi connectivity index (χ3v) is 5.84. The maximum atomic E-state index is 12.2. The van der Waals surface area contributed by atoms with Gasteiger partial charge in [-0.2, -0.15) is 4.31 Å². The molecule has 3 heterocycles. The Kier molecular flexibility index (Phi) is 4.74. The summed E-state index contributed by atoms with van der Waals surface area (Å²) >= 11 is 0. The minimum absolute atomic E-state index is 0.0286. The molecule has 2 aromatic heterocycles. The van der Waals surface area contributed by atoms with Gasteiger partial charge in [0, 0.05) is 51.1 Å². The monoisotopic (exact) mass is 336 g/mol. The van der Waals surface area contributed by atoms with Gasteiger partial charge in [0.05, 0.1) is 29.8 Å². The number of piperazine rings is 1. The van der Waals surface area contributed by atoms with Crippen LogP contribution in [0.5, 0.6) is 0 Å². The maximum Gasteiger partial charge on any atom is 0.216 e. The summed E-state index contributed by atoms with van der Waals surface area (Å²) in [5.41, 5.74) is 1.86. The third-order valence-electron chi connectivity index (χ3n) is 4.01. The van der Waals surface area contributed by atoms with Crippen molar-refractivity contribution in [3.63, 3.8) is 0 Å². The van der Waals surface area contributed by atoms with Gasteiger partial charge in [-0.3, -0.25) is 9.97 Å². The van der Waals surface area contributed by atoms with Crippen LogP contribution in [0.15, 0.2) is 30.7 Å². The van der Waals surface area contributed by atoms with Gasteiger partial charge < -0.3 is 9.64 Å². The van der Waals surface area contributed by atoms with Crippen LogP contribution >= 0.6 is 0 Å². The highest BCUT2D eigenvalue weighted by Gasteiger charge is 2.27. The van der Waals surface area contributed by atoms with E-state index in [-0.39, 0.29) is 12.4 Å². The van der Waals surface area contributed by atoms with Gasteiger partial charge in [-0.25, -0.2) is 8.42 Å². The molecule has 3 rings (SSSR count). The molecule has 0 bridgehead atoms. The number of methoxy groups -OCH3 is 1. The van der Waals surface area contributed by atoms with Crippen LogP contribution < -0.4 is 4.90 Å². The Morgan fingerprint density at radius 3 is 2.74 bits per heavy atom. The van der Waals surface area contributed by atoms with Gasteiger partial charge in [-0.15, -0.1) is 0 Å². The summed E-state index contributed by atoms with van der Waals surface area (Å²) in [6.07, 6.45) is 5.35. The van der Waals surface area contributed by atoms with Gasteiger partial charge in [0.2, 0.25) is 10.0 Å². The molecule has 0 amide bonds. The predicted molar refractivity (Wildman–Crippen MR) is 89.0 cm³/mol. The molecule has 0 radical (unpaired) electrons.